The molecule has 1 atom stereocenters. The monoisotopic (exact) mass is 247 g/mol. The third kappa shape index (κ3) is 2.82. The quantitative estimate of drug-likeness (QED) is 0.853. The Morgan fingerprint density at radius 1 is 1.44 bits per heavy atom. The van der Waals surface area contributed by atoms with Gasteiger partial charge in [0.2, 0.25) is 0 Å². The number of nitrogens with one attached hydrogen (secondary N) is 1. The van der Waals surface area contributed by atoms with Crippen molar-refractivity contribution in [3.8, 4) is 0 Å². The van der Waals surface area contributed by atoms with E-state index in [1.165, 1.54) is 11.3 Å². The molecule has 0 bridgehead atoms. The van der Waals surface area contributed by atoms with Gasteiger partial charge in [0, 0.05) is 30.5 Å². The highest BCUT2D eigenvalue weighted by Gasteiger charge is 2.15. The van der Waals surface area contributed by atoms with Crippen LogP contribution in [-0.2, 0) is 13.5 Å². The number of aromatic nitrogens is 2. The number of furan rings is 1. The van der Waals surface area contributed by atoms with Crippen molar-refractivity contribution in [2.75, 3.05) is 6.54 Å². The highest BCUT2D eigenvalue weighted by Crippen LogP contribution is 2.23. The summed E-state index contributed by atoms with van der Waals surface area (Å²) < 4.78 is 7.33. The Balaban J connectivity index is 2.03. The fourth-order valence-electron chi connectivity index (χ4n) is 2.31. The molecular formula is C14H21N3O. The van der Waals surface area contributed by atoms with E-state index in [2.05, 4.69) is 29.5 Å². The second-order valence-corrected chi connectivity index (χ2v) is 4.53. The zero-order chi connectivity index (χ0) is 13.0. The van der Waals surface area contributed by atoms with Crippen molar-refractivity contribution in [3.05, 3.63) is 41.6 Å². The van der Waals surface area contributed by atoms with Gasteiger partial charge in [0.1, 0.15) is 5.76 Å². The van der Waals surface area contributed by atoms with Crippen LogP contribution < -0.4 is 5.32 Å². The van der Waals surface area contributed by atoms with E-state index in [-0.39, 0.29) is 0 Å². The van der Waals surface area contributed by atoms with Crippen molar-refractivity contribution in [2.45, 2.75) is 32.7 Å². The Labute approximate surface area is 108 Å². The van der Waals surface area contributed by atoms with E-state index >= 15 is 0 Å². The maximum Gasteiger partial charge on any atom is 0.105 e. The summed E-state index contributed by atoms with van der Waals surface area (Å²) in [5.74, 6) is 1.01. The number of hydrogen-bond acceptors (Lipinski definition) is 3. The van der Waals surface area contributed by atoms with E-state index in [9.17, 15) is 0 Å². The summed E-state index contributed by atoms with van der Waals surface area (Å²) in [6.07, 6.45) is 5.67. The summed E-state index contributed by atoms with van der Waals surface area (Å²) in [6.45, 7) is 5.11. The molecule has 0 fully saturated rings. The van der Waals surface area contributed by atoms with Crippen molar-refractivity contribution >= 4 is 0 Å². The van der Waals surface area contributed by atoms with Gasteiger partial charge in [-0.2, -0.15) is 5.10 Å². The van der Waals surface area contributed by atoms with Gasteiger partial charge < -0.3 is 9.73 Å². The van der Waals surface area contributed by atoms with Gasteiger partial charge in [0.05, 0.1) is 6.26 Å². The molecule has 0 aliphatic carbocycles. The maximum absolute atomic E-state index is 5.40. The molecule has 2 heterocycles. The van der Waals surface area contributed by atoms with Crippen molar-refractivity contribution in [1.82, 2.24) is 15.1 Å². The number of nitrogens with zero attached hydrogens (tertiary/aromatic N) is 2. The topological polar surface area (TPSA) is 43.0 Å². The third-order valence-corrected chi connectivity index (χ3v) is 3.34. The molecule has 0 saturated carbocycles. The van der Waals surface area contributed by atoms with Crippen LogP contribution in [0.4, 0.5) is 0 Å². The lowest BCUT2D eigenvalue weighted by molar-refractivity contribution is 0.480. The molecule has 0 aromatic carbocycles. The van der Waals surface area contributed by atoms with Gasteiger partial charge in [-0.3, -0.25) is 4.68 Å². The van der Waals surface area contributed by atoms with Crippen LogP contribution >= 0.6 is 0 Å². The average Bonchev–Trinajstić information content (AvgIpc) is 2.94. The largest absolute Gasteiger partial charge is 0.469 e. The Morgan fingerprint density at radius 3 is 2.83 bits per heavy atom. The predicted octanol–water partition coefficient (Wildman–Crippen LogP) is 2.60. The summed E-state index contributed by atoms with van der Waals surface area (Å²) in [4.78, 5) is 0. The van der Waals surface area contributed by atoms with E-state index in [4.69, 9.17) is 4.42 Å². The second-order valence-electron chi connectivity index (χ2n) is 4.53. The molecule has 2 aromatic heterocycles. The van der Waals surface area contributed by atoms with E-state index in [1.807, 2.05) is 24.9 Å². The molecular weight excluding hydrogens is 226 g/mol. The molecule has 2 rings (SSSR count). The highest BCUT2D eigenvalue weighted by molar-refractivity contribution is 5.20. The SMILES string of the molecule is CCNC(CCc1ccnn1C)c1ccoc1C. The fraction of sp³-hybridized carbons (Fsp3) is 0.500. The van der Waals surface area contributed by atoms with Crippen LogP contribution in [0.5, 0.6) is 0 Å². The Morgan fingerprint density at radius 2 is 2.28 bits per heavy atom. The first-order valence-corrected chi connectivity index (χ1v) is 6.46. The van der Waals surface area contributed by atoms with Crippen molar-refractivity contribution in [3.63, 3.8) is 0 Å². The lowest BCUT2D eigenvalue weighted by atomic mass is 10.0. The summed E-state index contributed by atoms with van der Waals surface area (Å²) in [5, 5.41) is 7.72. The van der Waals surface area contributed by atoms with Crippen LogP contribution in [0, 0.1) is 6.92 Å². The van der Waals surface area contributed by atoms with Crippen molar-refractivity contribution in [1.29, 1.82) is 0 Å². The van der Waals surface area contributed by atoms with Crippen LogP contribution in [0.2, 0.25) is 0 Å². The van der Waals surface area contributed by atoms with Crippen LogP contribution in [0.15, 0.2) is 29.0 Å². The molecule has 4 heteroatoms. The van der Waals surface area contributed by atoms with Gasteiger partial charge in [-0.25, -0.2) is 0 Å². The Bertz CT molecular complexity index is 487. The zero-order valence-corrected chi connectivity index (χ0v) is 11.3. The second kappa shape index (κ2) is 5.87. The highest BCUT2D eigenvalue weighted by atomic mass is 16.3. The normalized spacial score (nSPS) is 12.8. The molecule has 4 nitrogen and oxygen atoms in total. The number of hydrogen-bond donors (Lipinski definition) is 1. The molecule has 1 unspecified atom stereocenters. The first-order valence-electron chi connectivity index (χ1n) is 6.46. The molecule has 1 N–H and O–H groups in total. The van der Waals surface area contributed by atoms with E-state index in [0.717, 1.165) is 25.1 Å². The molecule has 18 heavy (non-hydrogen) atoms. The molecule has 2 aromatic rings. The summed E-state index contributed by atoms with van der Waals surface area (Å²) >= 11 is 0. The number of rotatable bonds is 6. The van der Waals surface area contributed by atoms with E-state index in [1.54, 1.807) is 6.26 Å². The fourth-order valence-corrected chi connectivity index (χ4v) is 2.31. The van der Waals surface area contributed by atoms with E-state index < -0.39 is 0 Å². The average molecular weight is 247 g/mol. The van der Waals surface area contributed by atoms with Crippen LogP contribution in [0.25, 0.3) is 0 Å². The molecule has 0 aliphatic heterocycles. The van der Waals surface area contributed by atoms with Gasteiger partial charge in [-0.15, -0.1) is 0 Å². The van der Waals surface area contributed by atoms with Gasteiger partial charge in [-0.1, -0.05) is 6.92 Å². The van der Waals surface area contributed by atoms with Crippen LogP contribution in [-0.4, -0.2) is 16.3 Å². The third-order valence-electron chi connectivity index (χ3n) is 3.34. The first-order chi connectivity index (χ1) is 8.72. The number of aryl methyl sites for hydroxylation is 3. The maximum atomic E-state index is 5.40. The minimum Gasteiger partial charge on any atom is -0.469 e. The lowest BCUT2D eigenvalue weighted by Crippen LogP contribution is -2.22. The Hall–Kier alpha value is -1.55. The minimum absolute atomic E-state index is 0.351. The zero-order valence-electron chi connectivity index (χ0n) is 11.3. The van der Waals surface area contributed by atoms with Gasteiger partial charge in [-0.05, 0) is 38.4 Å². The summed E-state index contributed by atoms with van der Waals surface area (Å²) in [7, 11) is 1.99. The van der Waals surface area contributed by atoms with Crippen LogP contribution in [0.3, 0.4) is 0 Å². The molecule has 0 spiro atoms. The Kier molecular flexibility index (Phi) is 4.20. The molecule has 0 radical (unpaired) electrons. The lowest BCUT2D eigenvalue weighted by Gasteiger charge is -2.17. The van der Waals surface area contributed by atoms with Gasteiger partial charge in [0.25, 0.3) is 0 Å². The standard InChI is InChI=1S/C14H21N3O/c1-4-15-14(13-8-10-18-11(13)2)6-5-12-7-9-16-17(12)3/h7-10,14-15H,4-6H2,1-3H3. The summed E-state index contributed by atoms with van der Waals surface area (Å²) in [6, 6.07) is 4.49. The molecule has 0 aliphatic rings. The molecule has 0 saturated heterocycles. The molecule has 98 valence electrons. The minimum atomic E-state index is 0.351. The molecule has 0 amide bonds. The first kappa shape index (κ1) is 12.9. The van der Waals surface area contributed by atoms with Crippen molar-refractivity contribution in [2.24, 2.45) is 7.05 Å². The van der Waals surface area contributed by atoms with Gasteiger partial charge >= 0.3 is 0 Å². The summed E-state index contributed by atoms with van der Waals surface area (Å²) in [5.41, 5.74) is 2.53. The smallest absolute Gasteiger partial charge is 0.105 e. The van der Waals surface area contributed by atoms with E-state index in [0.29, 0.717) is 6.04 Å². The van der Waals surface area contributed by atoms with Crippen LogP contribution in [0.1, 0.15) is 36.4 Å². The predicted molar refractivity (Wildman–Crippen MR) is 71.4 cm³/mol. The van der Waals surface area contributed by atoms with Gasteiger partial charge in [0.15, 0.2) is 0 Å². The van der Waals surface area contributed by atoms with Crippen molar-refractivity contribution < 1.29 is 4.42 Å².